The first-order chi connectivity index (χ1) is 11.7. The van der Waals surface area contributed by atoms with Crippen molar-refractivity contribution in [1.29, 1.82) is 0 Å². The van der Waals surface area contributed by atoms with Gasteiger partial charge in [-0.1, -0.05) is 18.2 Å². The van der Waals surface area contributed by atoms with Crippen molar-refractivity contribution < 1.29 is 19.0 Å². The van der Waals surface area contributed by atoms with Gasteiger partial charge in [-0.3, -0.25) is 4.79 Å². The number of benzene rings is 1. The molecule has 1 aliphatic rings. The number of aromatic nitrogens is 1. The first kappa shape index (κ1) is 16.1. The number of carbonyl (C=O) groups is 1. The van der Waals surface area contributed by atoms with Gasteiger partial charge in [0.05, 0.1) is 6.61 Å². The summed E-state index contributed by atoms with van der Waals surface area (Å²) in [7, 11) is 0. The summed E-state index contributed by atoms with van der Waals surface area (Å²) in [5, 5.41) is 2.86. The topological polar surface area (TPSA) is 69.7 Å². The number of rotatable bonds is 5. The first-order valence-corrected chi connectivity index (χ1v) is 7.95. The Bertz CT molecular complexity index is 720. The highest BCUT2D eigenvalue weighted by Crippen LogP contribution is 2.33. The second kappa shape index (κ2) is 7.21. The molecule has 2 heterocycles. The molecule has 0 fully saturated rings. The maximum atomic E-state index is 12.5. The second-order valence-electron chi connectivity index (χ2n) is 5.43. The van der Waals surface area contributed by atoms with E-state index in [-0.39, 0.29) is 12.0 Å². The van der Waals surface area contributed by atoms with Crippen LogP contribution in [-0.4, -0.2) is 29.7 Å². The van der Waals surface area contributed by atoms with Gasteiger partial charge in [-0.2, -0.15) is 0 Å². The highest BCUT2D eigenvalue weighted by molar-refractivity contribution is 5.82. The highest BCUT2D eigenvalue weighted by atomic mass is 16.6. The van der Waals surface area contributed by atoms with Crippen molar-refractivity contribution in [2.45, 2.75) is 32.6 Å². The molecular formula is C18H20N2O4. The third-order valence-electron chi connectivity index (χ3n) is 3.68. The van der Waals surface area contributed by atoms with Gasteiger partial charge in [0.1, 0.15) is 6.10 Å². The van der Waals surface area contributed by atoms with E-state index in [4.69, 9.17) is 14.2 Å². The van der Waals surface area contributed by atoms with Gasteiger partial charge < -0.3 is 19.5 Å². The van der Waals surface area contributed by atoms with Crippen LogP contribution in [0.5, 0.6) is 17.4 Å². The van der Waals surface area contributed by atoms with Crippen molar-refractivity contribution in [2.24, 2.45) is 0 Å². The smallest absolute Gasteiger partial charge is 0.265 e. The SMILES string of the molecule is CCOc1ncccc1CNC(=O)[C@H]1Oc2ccccc2O[C@@H]1C. The third-order valence-corrected chi connectivity index (χ3v) is 3.68. The average molecular weight is 328 g/mol. The predicted octanol–water partition coefficient (Wildman–Crippen LogP) is 2.33. The van der Waals surface area contributed by atoms with E-state index in [0.29, 0.717) is 30.5 Å². The molecule has 0 bridgehead atoms. The minimum Gasteiger partial charge on any atom is -0.482 e. The van der Waals surface area contributed by atoms with E-state index in [1.807, 2.05) is 44.2 Å². The number of para-hydroxylation sites is 2. The van der Waals surface area contributed by atoms with Gasteiger partial charge in [-0.25, -0.2) is 4.98 Å². The van der Waals surface area contributed by atoms with Crippen LogP contribution < -0.4 is 19.5 Å². The largest absolute Gasteiger partial charge is 0.482 e. The van der Waals surface area contributed by atoms with Crippen molar-refractivity contribution in [3.8, 4) is 17.4 Å². The summed E-state index contributed by atoms with van der Waals surface area (Å²) < 4.78 is 17.0. The van der Waals surface area contributed by atoms with Crippen LogP contribution in [0.25, 0.3) is 0 Å². The van der Waals surface area contributed by atoms with Crippen LogP contribution in [-0.2, 0) is 11.3 Å². The van der Waals surface area contributed by atoms with Crippen molar-refractivity contribution in [3.63, 3.8) is 0 Å². The zero-order valence-corrected chi connectivity index (χ0v) is 13.7. The summed E-state index contributed by atoms with van der Waals surface area (Å²) in [6, 6.07) is 11.0. The van der Waals surface area contributed by atoms with Crippen LogP contribution in [0.15, 0.2) is 42.6 Å². The predicted molar refractivity (Wildman–Crippen MR) is 88.2 cm³/mol. The van der Waals surface area contributed by atoms with Gasteiger partial charge >= 0.3 is 0 Å². The monoisotopic (exact) mass is 328 g/mol. The van der Waals surface area contributed by atoms with Crippen molar-refractivity contribution in [3.05, 3.63) is 48.2 Å². The van der Waals surface area contributed by atoms with Crippen LogP contribution in [0.1, 0.15) is 19.4 Å². The lowest BCUT2D eigenvalue weighted by atomic mass is 10.1. The minimum atomic E-state index is -0.702. The van der Waals surface area contributed by atoms with Crippen molar-refractivity contribution >= 4 is 5.91 Å². The molecule has 6 nitrogen and oxygen atoms in total. The molecule has 1 aromatic carbocycles. The van der Waals surface area contributed by atoms with Crippen LogP contribution in [0.4, 0.5) is 0 Å². The van der Waals surface area contributed by atoms with E-state index >= 15 is 0 Å². The molecule has 1 N–H and O–H groups in total. The lowest BCUT2D eigenvalue weighted by Gasteiger charge is -2.31. The van der Waals surface area contributed by atoms with E-state index in [0.717, 1.165) is 5.56 Å². The summed E-state index contributed by atoms with van der Waals surface area (Å²) in [4.78, 5) is 16.7. The fraction of sp³-hybridized carbons (Fsp3) is 0.333. The van der Waals surface area contributed by atoms with Crippen LogP contribution in [0, 0.1) is 0 Å². The van der Waals surface area contributed by atoms with E-state index in [2.05, 4.69) is 10.3 Å². The molecule has 1 aliphatic heterocycles. The average Bonchev–Trinajstić information content (AvgIpc) is 2.60. The van der Waals surface area contributed by atoms with Crippen LogP contribution in [0.3, 0.4) is 0 Å². The molecule has 1 aromatic heterocycles. The van der Waals surface area contributed by atoms with Crippen molar-refractivity contribution in [2.75, 3.05) is 6.61 Å². The number of nitrogens with one attached hydrogen (secondary N) is 1. The molecule has 3 rings (SSSR count). The van der Waals surface area contributed by atoms with Crippen LogP contribution >= 0.6 is 0 Å². The Morgan fingerprint density at radius 1 is 1.21 bits per heavy atom. The number of nitrogens with zero attached hydrogens (tertiary/aromatic N) is 1. The minimum absolute atomic E-state index is 0.233. The molecule has 0 saturated carbocycles. The van der Waals surface area contributed by atoms with Gasteiger partial charge in [-0.15, -0.1) is 0 Å². The molecule has 126 valence electrons. The lowest BCUT2D eigenvalue weighted by molar-refractivity contribution is -0.133. The van der Waals surface area contributed by atoms with E-state index < -0.39 is 6.10 Å². The summed E-state index contributed by atoms with van der Waals surface area (Å²) in [5.74, 6) is 1.52. The molecular weight excluding hydrogens is 308 g/mol. The maximum Gasteiger partial charge on any atom is 0.265 e. The molecule has 0 unspecified atom stereocenters. The molecule has 0 aliphatic carbocycles. The van der Waals surface area contributed by atoms with Gasteiger partial charge in [-0.05, 0) is 32.0 Å². The second-order valence-corrected chi connectivity index (χ2v) is 5.43. The van der Waals surface area contributed by atoms with Gasteiger partial charge in [0.25, 0.3) is 5.91 Å². The normalized spacial score (nSPS) is 18.8. The number of fused-ring (bicyclic) bond motifs is 1. The van der Waals surface area contributed by atoms with Gasteiger partial charge in [0, 0.05) is 18.3 Å². The van der Waals surface area contributed by atoms with Crippen molar-refractivity contribution in [1.82, 2.24) is 10.3 Å². The first-order valence-electron chi connectivity index (χ1n) is 7.95. The Labute approximate surface area is 140 Å². The van der Waals surface area contributed by atoms with Gasteiger partial charge in [0.15, 0.2) is 11.5 Å². The number of carbonyl (C=O) groups excluding carboxylic acids is 1. The van der Waals surface area contributed by atoms with E-state index in [1.165, 1.54) is 0 Å². The zero-order chi connectivity index (χ0) is 16.9. The number of hydrogen-bond acceptors (Lipinski definition) is 5. The molecule has 1 amide bonds. The third kappa shape index (κ3) is 3.42. The Balaban J connectivity index is 1.66. The Kier molecular flexibility index (Phi) is 4.84. The summed E-state index contributed by atoms with van der Waals surface area (Å²) in [6.45, 7) is 4.54. The Morgan fingerprint density at radius 2 is 1.96 bits per heavy atom. The molecule has 24 heavy (non-hydrogen) atoms. The fourth-order valence-electron chi connectivity index (χ4n) is 2.51. The van der Waals surface area contributed by atoms with Crippen LogP contribution in [0.2, 0.25) is 0 Å². The Hall–Kier alpha value is -2.76. The van der Waals surface area contributed by atoms with E-state index in [1.54, 1.807) is 12.3 Å². The molecule has 6 heteroatoms. The summed E-state index contributed by atoms with van der Waals surface area (Å²) in [5.41, 5.74) is 0.817. The number of hydrogen-bond donors (Lipinski definition) is 1. The number of amides is 1. The summed E-state index contributed by atoms with van der Waals surface area (Å²) in [6.07, 6.45) is 0.584. The molecule has 2 atom stereocenters. The maximum absolute atomic E-state index is 12.5. The molecule has 2 aromatic rings. The molecule has 0 radical (unpaired) electrons. The van der Waals surface area contributed by atoms with Gasteiger partial charge in [0.2, 0.25) is 12.0 Å². The number of pyridine rings is 1. The fourth-order valence-corrected chi connectivity index (χ4v) is 2.51. The molecule has 0 spiro atoms. The Morgan fingerprint density at radius 3 is 2.71 bits per heavy atom. The zero-order valence-electron chi connectivity index (χ0n) is 13.7. The summed E-state index contributed by atoms with van der Waals surface area (Å²) >= 11 is 0. The molecule has 0 saturated heterocycles. The lowest BCUT2D eigenvalue weighted by Crippen LogP contribution is -2.48. The standard InChI is InChI=1S/C18H20N2O4/c1-3-22-18-13(7-6-10-19-18)11-20-17(21)16-12(2)23-14-8-4-5-9-15(14)24-16/h4-10,12,16H,3,11H2,1-2H3,(H,20,21)/t12-,16+/m1/s1. The quantitative estimate of drug-likeness (QED) is 0.912. The highest BCUT2D eigenvalue weighted by Gasteiger charge is 2.33. The number of ether oxygens (including phenoxy) is 3. The van der Waals surface area contributed by atoms with E-state index in [9.17, 15) is 4.79 Å².